The smallest absolute Gasteiger partial charge is 0.274 e. The number of hydrogen-bond acceptors (Lipinski definition) is 6. The first-order valence-electron chi connectivity index (χ1n) is 5.32. The molecule has 1 aliphatic heterocycles. The molecule has 0 aliphatic carbocycles. The minimum atomic E-state index is -0.813. The number of nitrogens with one attached hydrogen (secondary N) is 1. The van der Waals surface area contributed by atoms with Gasteiger partial charge in [-0.25, -0.2) is 10.8 Å². The van der Waals surface area contributed by atoms with Crippen molar-refractivity contribution >= 4 is 11.7 Å². The third kappa shape index (κ3) is 2.51. The van der Waals surface area contributed by atoms with Gasteiger partial charge in [0.15, 0.2) is 5.82 Å². The number of nitrogen functional groups attached to an aromatic ring is 1. The molecular weight excluding hydrogens is 222 g/mol. The quantitative estimate of drug-likeness (QED) is 0.467. The highest BCUT2D eigenvalue weighted by Crippen LogP contribution is 2.21. The maximum absolute atomic E-state index is 12.0. The number of β-amino-alcohol motifs (C(OH)–C–C–N with tert-alkyl or cyclic N) is 1. The minimum absolute atomic E-state index is 0.221. The van der Waals surface area contributed by atoms with Crippen LogP contribution in [0.15, 0.2) is 12.4 Å². The Morgan fingerprint density at radius 3 is 3.00 bits per heavy atom. The van der Waals surface area contributed by atoms with E-state index < -0.39 is 5.60 Å². The fraction of sp³-hybridized carbons (Fsp3) is 0.500. The van der Waals surface area contributed by atoms with E-state index in [0.717, 1.165) is 0 Å². The topological polar surface area (TPSA) is 104 Å². The van der Waals surface area contributed by atoms with Gasteiger partial charge in [0.2, 0.25) is 0 Å². The van der Waals surface area contributed by atoms with Gasteiger partial charge in [-0.15, -0.1) is 0 Å². The van der Waals surface area contributed by atoms with Crippen LogP contribution in [-0.2, 0) is 0 Å². The van der Waals surface area contributed by atoms with Gasteiger partial charge in [-0.1, -0.05) is 0 Å². The monoisotopic (exact) mass is 237 g/mol. The molecule has 17 heavy (non-hydrogen) atoms. The maximum atomic E-state index is 12.0. The van der Waals surface area contributed by atoms with Gasteiger partial charge in [-0.05, 0) is 13.3 Å². The van der Waals surface area contributed by atoms with Crippen molar-refractivity contribution in [2.75, 3.05) is 18.5 Å². The highest BCUT2D eigenvalue weighted by Gasteiger charge is 2.34. The molecule has 2 heterocycles. The number of aromatic nitrogens is 2. The van der Waals surface area contributed by atoms with Crippen LogP contribution in [0.5, 0.6) is 0 Å². The summed E-state index contributed by atoms with van der Waals surface area (Å²) in [5.74, 6) is 5.29. The third-order valence-corrected chi connectivity index (χ3v) is 2.74. The summed E-state index contributed by atoms with van der Waals surface area (Å²) >= 11 is 0. The molecule has 7 nitrogen and oxygen atoms in total. The number of anilines is 1. The van der Waals surface area contributed by atoms with E-state index in [9.17, 15) is 9.90 Å². The summed E-state index contributed by atoms with van der Waals surface area (Å²) in [6, 6.07) is 0. The lowest BCUT2D eigenvalue weighted by Gasteiger charge is -2.18. The molecule has 92 valence electrons. The Hall–Kier alpha value is -1.73. The second kappa shape index (κ2) is 4.27. The van der Waals surface area contributed by atoms with E-state index >= 15 is 0 Å². The molecule has 1 unspecified atom stereocenters. The number of carbonyl (C=O) groups excluding carboxylic acids is 1. The summed E-state index contributed by atoms with van der Waals surface area (Å²) in [5.41, 5.74) is 1.74. The Kier molecular flexibility index (Phi) is 2.95. The van der Waals surface area contributed by atoms with Crippen molar-refractivity contribution in [3.8, 4) is 0 Å². The Balaban J connectivity index is 2.15. The first-order chi connectivity index (χ1) is 8.02. The van der Waals surface area contributed by atoms with E-state index in [1.165, 1.54) is 12.4 Å². The fourth-order valence-corrected chi connectivity index (χ4v) is 1.82. The largest absolute Gasteiger partial charge is 0.388 e. The number of nitrogens with two attached hydrogens (primary N) is 1. The number of nitrogens with zero attached hydrogens (tertiary/aromatic N) is 3. The van der Waals surface area contributed by atoms with E-state index in [1.807, 2.05) is 0 Å². The van der Waals surface area contributed by atoms with Gasteiger partial charge in [-0.2, -0.15) is 0 Å². The molecular formula is C10H15N5O2. The van der Waals surface area contributed by atoms with Gasteiger partial charge in [0.05, 0.1) is 18.0 Å². The second-order valence-corrected chi connectivity index (χ2v) is 4.41. The highest BCUT2D eigenvalue weighted by molar-refractivity contribution is 5.92. The van der Waals surface area contributed by atoms with Gasteiger partial charge >= 0.3 is 0 Å². The summed E-state index contributed by atoms with van der Waals surface area (Å²) in [6.45, 7) is 2.55. The van der Waals surface area contributed by atoms with Crippen LogP contribution in [0.3, 0.4) is 0 Å². The molecule has 0 aromatic carbocycles. The van der Waals surface area contributed by atoms with Crippen molar-refractivity contribution in [3.05, 3.63) is 18.1 Å². The molecule has 0 radical (unpaired) electrons. The van der Waals surface area contributed by atoms with Gasteiger partial charge in [0, 0.05) is 13.1 Å². The zero-order chi connectivity index (χ0) is 12.5. The Bertz CT molecular complexity index is 434. The molecule has 0 bridgehead atoms. The van der Waals surface area contributed by atoms with Crippen LogP contribution in [0.1, 0.15) is 23.8 Å². The normalized spacial score (nSPS) is 23.8. The summed E-state index contributed by atoms with van der Waals surface area (Å²) < 4.78 is 0. The molecule has 1 aliphatic rings. The Morgan fingerprint density at radius 1 is 1.65 bits per heavy atom. The minimum Gasteiger partial charge on any atom is -0.388 e. The molecule has 1 fully saturated rings. The van der Waals surface area contributed by atoms with E-state index in [0.29, 0.717) is 25.3 Å². The number of carbonyl (C=O) groups is 1. The molecule has 1 aromatic rings. The van der Waals surface area contributed by atoms with E-state index in [1.54, 1.807) is 11.8 Å². The predicted molar refractivity (Wildman–Crippen MR) is 61.0 cm³/mol. The van der Waals surface area contributed by atoms with Gasteiger partial charge < -0.3 is 15.4 Å². The molecule has 2 rings (SSSR count). The highest BCUT2D eigenvalue weighted by atomic mass is 16.3. The third-order valence-electron chi connectivity index (χ3n) is 2.74. The van der Waals surface area contributed by atoms with Crippen molar-refractivity contribution in [2.45, 2.75) is 18.9 Å². The fourth-order valence-electron chi connectivity index (χ4n) is 1.82. The van der Waals surface area contributed by atoms with E-state index in [-0.39, 0.29) is 11.6 Å². The number of aliphatic hydroxyl groups is 1. The van der Waals surface area contributed by atoms with Gasteiger partial charge in [-0.3, -0.25) is 9.78 Å². The van der Waals surface area contributed by atoms with Gasteiger partial charge in [0.25, 0.3) is 5.91 Å². The number of likely N-dealkylation sites (tertiary alicyclic amines) is 1. The summed E-state index contributed by atoms with van der Waals surface area (Å²) in [4.78, 5) is 21.5. The van der Waals surface area contributed by atoms with Crippen molar-refractivity contribution in [3.63, 3.8) is 0 Å². The molecule has 1 amide bonds. The summed E-state index contributed by atoms with van der Waals surface area (Å²) in [7, 11) is 0. The molecule has 0 spiro atoms. The van der Waals surface area contributed by atoms with Crippen LogP contribution >= 0.6 is 0 Å². The summed E-state index contributed by atoms with van der Waals surface area (Å²) in [6.07, 6.45) is 3.38. The van der Waals surface area contributed by atoms with Crippen LogP contribution in [0, 0.1) is 0 Å². The predicted octanol–water partition coefficient (Wildman–Crippen LogP) is -0.641. The zero-order valence-electron chi connectivity index (χ0n) is 9.55. The molecule has 4 N–H and O–H groups in total. The van der Waals surface area contributed by atoms with Crippen molar-refractivity contribution in [2.24, 2.45) is 5.84 Å². The summed E-state index contributed by atoms with van der Waals surface area (Å²) in [5, 5.41) is 9.80. The van der Waals surface area contributed by atoms with Crippen LogP contribution in [0.4, 0.5) is 5.82 Å². The molecule has 1 aromatic heterocycles. The van der Waals surface area contributed by atoms with Crippen molar-refractivity contribution in [1.29, 1.82) is 0 Å². The van der Waals surface area contributed by atoms with Crippen molar-refractivity contribution < 1.29 is 9.90 Å². The van der Waals surface area contributed by atoms with E-state index in [2.05, 4.69) is 15.4 Å². The number of hydrazine groups is 1. The number of hydrogen-bond donors (Lipinski definition) is 3. The lowest BCUT2D eigenvalue weighted by molar-refractivity contribution is 0.0569. The average Bonchev–Trinajstić information content (AvgIpc) is 2.69. The van der Waals surface area contributed by atoms with E-state index in [4.69, 9.17) is 5.84 Å². The number of rotatable bonds is 2. The maximum Gasteiger partial charge on any atom is 0.274 e. The molecule has 7 heteroatoms. The molecule has 1 saturated heterocycles. The van der Waals surface area contributed by atoms with Crippen LogP contribution in [0.2, 0.25) is 0 Å². The SMILES string of the molecule is CC1(O)CCN(C(=O)c2cncc(NN)n2)C1. The first kappa shape index (κ1) is 11.7. The van der Waals surface area contributed by atoms with Crippen LogP contribution in [0.25, 0.3) is 0 Å². The lowest BCUT2D eigenvalue weighted by atomic mass is 10.1. The van der Waals surface area contributed by atoms with Crippen molar-refractivity contribution in [1.82, 2.24) is 14.9 Å². The average molecular weight is 237 g/mol. The lowest BCUT2D eigenvalue weighted by Crippen LogP contribution is -2.34. The first-order valence-corrected chi connectivity index (χ1v) is 5.32. The molecule has 1 atom stereocenters. The standard InChI is InChI=1S/C10H15N5O2/c1-10(17)2-3-15(6-10)9(16)7-4-12-5-8(13-7)14-11/h4-5,17H,2-3,6,11H2,1H3,(H,13,14). The Labute approximate surface area is 98.6 Å². The molecule has 0 saturated carbocycles. The Morgan fingerprint density at radius 2 is 2.41 bits per heavy atom. The number of amides is 1. The second-order valence-electron chi connectivity index (χ2n) is 4.41. The van der Waals surface area contributed by atoms with Crippen LogP contribution < -0.4 is 11.3 Å². The van der Waals surface area contributed by atoms with Crippen LogP contribution in [-0.4, -0.2) is 44.6 Å². The zero-order valence-corrected chi connectivity index (χ0v) is 9.55. The van der Waals surface area contributed by atoms with Gasteiger partial charge in [0.1, 0.15) is 5.69 Å².